The first-order valence-corrected chi connectivity index (χ1v) is 8.38. The van der Waals surface area contributed by atoms with Gasteiger partial charge in [0.05, 0.1) is 16.7 Å². The number of hydrogen-bond acceptors (Lipinski definition) is 8. The van der Waals surface area contributed by atoms with Crippen molar-refractivity contribution in [1.82, 2.24) is 4.90 Å². The summed E-state index contributed by atoms with van der Waals surface area (Å²) in [4.78, 5) is 39.2. The summed E-state index contributed by atoms with van der Waals surface area (Å²) in [6.45, 7) is 0.973. The largest absolute Gasteiger partial charge is 0.433 e. The Labute approximate surface area is 158 Å². The molecule has 1 aliphatic heterocycles. The van der Waals surface area contributed by atoms with E-state index in [1.54, 1.807) is 12.1 Å². The van der Waals surface area contributed by atoms with Gasteiger partial charge in [-0.25, -0.2) is 0 Å². The lowest BCUT2D eigenvalue weighted by Gasteiger charge is -2.26. The van der Waals surface area contributed by atoms with Crippen molar-refractivity contribution in [3.63, 3.8) is 0 Å². The van der Waals surface area contributed by atoms with Crippen LogP contribution < -0.4 is 0 Å². The van der Waals surface area contributed by atoms with E-state index in [9.17, 15) is 25.0 Å². The van der Waals surface area contributed by atoms with Gasteiger partial charge in [-0.3, -0.25) is 25.0 Å². The molecule has 0 spiro atoms. The number of nitro benzene ring substituents is 1. The quantitative estimate of drug-likeness (QED) is 0.547. The van der Waals surface area contributed by atoms with Crippen molar-refractivity contribution in [3.05, 3.63) is 68.0 Å². The average Bonchev–Trinajstić information content (AvgIpc) is 3.19. The Bertz CT molecular complexity index is 910. The third kappa shape index (κ3) is 4.50. The topological polar surface area (TPSA) is 141 Å². The molecule has 0 N–H and O–H groups in total. The SMILES string of the molecule is O=C(c1ccc([N+](=O)[O-])o1)N1CCC(=NOCc2ccc([N+](=O)[O-])cc2)CC1. The summed E-state index contributed by atoms with van der Waals surface area (Å²) in [6.07, 6.45) is 1.02. The maximum absolute atomic E-state index is 12.3. The molecule has 11 heteroatoms. The number of carbonyl (C=O) groups is 1. The molecule has 11 nitrogen and oxygen atoms in total. The first-order chi connectivity index (χ1) is 13.4. The van der Waals surface area contributed by atoms with E-state index in [4.69, 9.17) is 9.25 Å². The van der Waals surface area contributed by atoms with Crippen LogP contribution in [0.5, 0.6) is 0 Å². The molecule has 0 bridgehead atoms. The Hall–Kier alpha value is -3.76. The fourth-order valence-corrected chi connectivity index (χ4v) is 2.67. The Morgan fingerprint density at radius 2 is 1.75 bits per heavy atom. The van der Waals surface area contributed by atoms with Gasteiger partial charge in [-0.2, -0.15) is 0 Å². The van der Waals surface area contributed by atoms with Gasteiger partial charge < -0.3 is 14.2 Å². The Balaban J connectivity index is 1.48. The number of nitrogens with zero attached hydrogens (tertiary/aromatic N) is 4. The molecule has 146 valence electrons. The van der Waals surface area contributed by atoms with Crippen LogP contribution in [0.4, 0.5) is 11.6 Å². The van der Waals surface area contributed by atoms with Crippen LogP contribution in [0.3, 0.4) is 0 Å². The molecular formula is C17H16N4O7. The first-order valence-electron chi connectivity index (χ1n) is 8.38. The highest BCUT2D eigenvalue weighted by molar-refractivity contribution is 5.94. The van der Waals surface area contributed by atoms with E-state index >= 15 is 0 Å². The monoisotopic (exact) mass is 388 g/mol. The second kappa shape index (κ2) is 8.29. The van der Waals surface area contributed by atoms with E-state index in [1.165, 1.54) is 23.1 Å². The summed E-state index contributed by atoms with van der Waals surface area (Å²) in [5, 5.41) is 25.3. The van der Waals surface area contributed by atoms with Crippen LogP contribution in [0.1, 0.15) is 29.0 Å². The van der Waals surface area contributed by atoms with Gasteiger partial charge in [0.15, 0.2) is 5.76 Å². The zero-order valence-electron chi connectivity index (χ0n) is 14.6. The number of likely N-dealkylation sites (tertiary alicyclic amines) is 1. The highest BCUT2D eigenvalue weighted by atomic mass is 16.7. The van der Waals surface area contributed by atoms with Gasteiger partial charge in [-0.05, 0) is 23.8 Å². The van der Waals surface area contributed by atoms with E-state index < -0.39 is 21.6 Å². The fourth-order valence-electron chi connectivity index (χ4n) is 2.67. The van der Waals surface area contributed by atoms with Crippen LogP contribution in [0.25, 0.3) is 0 Å². The number of hydrogen-bond donors (Lipinski definition) is 0. The number of non-ortho nitro benzene ring substituents is 1. The van der Waals surface area contributed by atoms with Crippen molar-refractivity contribution >= 4 is 23.2 Å². The molecule has 3 rings (SSSR count). The van der Waals surface area contributed by atoms with Crippen LogP contribution in [-0.4, -0.2) is 39.5 Å². The first kappa shape index (κ1) is 19.0. The van der Waals surface area contributed by atoms with E-state index in [1.807, 2.05) is 0 Å². The van der Waals surface area contributed by atoms with Crippen molar-refractivity contribution < 1.29 is 23.9 Å². The molecule has 28 heavy (non-hydrogen) atoms. The zero-order chi connectivity index (χ0) is 20.1. The number of oxime groups is 1. The van der Waals surface area contributed by atoms with Crippen molar-refractivity contribution in [3.8, 4) is 0 Å². The molecule has 1 fully saturated rings. The minimum Gasteiger partial charge on any atom is -0.395 e. The van der Waals surface area contributed by atoms with Gasteiger partial charge in [-0.15, -0.1) is 0 Å². The van der Waals surface area contributed by atoms with E-state index in [2.05, 4.69) is 5.16 Å². The second-order valence-electron chi connectivity index (χ2n) is 6.04. The molecule has 1 aromatic carbocycles. The second-order valence-corrected chi connectivity index (χ2v) is 6.04. The van der Waals surface area contributed by atoms with Gasteiger partial charge in [0, 0.05) is 38.1 Å². The van der Waals surface area contributed by atoms with E-state index in [0.717, 1.165) is 17.3 Å². The molecule has 0 aliphatic carbocycles. The average molecular weight is 388 g/mol. The van der Waals surface area contributed by atoms with Crippen LogP contribution in [-0.2, 0) is 11.4 Å². The number of carbonyl (C=O) groups excluding carboxylic acids is 1. The third-order valence-electron chi connectivity index (χ3n) is 4.18. The minimum absolute atomic E-state index is 0.00833. The lowest BCUT2D eigenvalue weighted by Crippen LogP contribution is -2.38. The number of piperidine rings is 1. The molecule has 1 saturated heterocycles. The third-order valence-corrected chi connectivity index (χ3v) is 4.18. The lowest BCUT2D eigenvalue weighted by atomic mass is 10.1. The maximum Gasteiger partial charge on any atom is 0.433 e. The number of benzene rings is 1. The molecule has 1 aromatic heterocycles. The van der Waals surface area contributed by atoms with Gasteiger partial charge in [0.1, 0.15) is 11.5 Å². The van der Waals surface area contributed by atoms with E-state index in [-0.39, 0.29) is 18.1 Å². The molecule has 1 aliphatic rings. The minimum atomic E-state index is -0.694. The van der Waals surface area contributed by atoms with Gasteiger partial charge in [-0.1, -0.05) is 5.16 Å². The molecule has 2 heterocycles. The molecule has 0 atom stereocenters. The van der Waals surface area contributed by atoms with Crippen LogP contribution >= 0.6 is 0 Å². The summed E-state index contributed by atoms with van der Waals surface area (Å²) in [5.74, 6) is -0.942. The molecular weight excluding hydrogens is 372 g/mol. The summed E-state index contributed by atoms with van der Waals surface area (Å²) in [7, 11) is 0. The predicted molar refractivity (Wildman–Crippen MR) is 95.8 cm³/mol. The predicted octanol–water partition coefficient (Wildman–Crippen LogP) is 2.90. The Morgan fingerprint density at radius 3 is 2.32 bits per heavy atom. The number of amides is 1. The lowest BCUT2D eigenvalue weighted by molar-refractivity contribution is -0.402. The summed E-state index contributed by atoms with van der Waals surface area (Å²) >= 11 is 0. The molecule has 0 radical (unpaired) electrons. The number of rotatable bonds is 6. The summed E-state index contributed by atoms with van der Waals surface area (Å²) < 4.78 is 4.94. The normalized spacial score (nSPS) is 13.9. The van der Waals surface area contributed by atoms with Crippen molar-refractivity contribution in [2.24, 2.45) is 5.16 Å². The van der Waals surface area contributed by atoms with Crippen LogP contribution in [0.2, 0.25) is 0 Å². The molecule has 2 aromatic rings. The smallest absolute Gasteiger partial charge is 0.395 e. The van der Waals surface area contributed by atoms with Crippen LogP contribution in [0.15, 0.2) is 46.0 Å². The highest BCUT2D eigenvalue weighted by Crippen LogP contribution is 2.19. The van der Waals surface area contributed by atoms with Crippen molar-refractivity contribution in [2.45, 2.75) is 19.4 Å². The number of furan rings is 1. The summed E-state index contributed by atoms with van der Waals surface area (Å²) in [5.41, 5.74) is 1.55. The van der Waals surface area contributed by atoms with Crippen LogP contribution in [0, 0.1) is 20.2 Å². The number of nitro groups is 2. The molecule has 0 saturated carbocycles. The standard InChI is InChI=1S/C17H16N4O7/c22-17(15-5-6-16(28-15)21(25)26)19-9-7-13(8-10-19)18-27-11-12-1-3-14(4-2-12)20(23)24/h1-6H,7-11H2. The van der Waals surface area contributed by atoms with Gasteiger partial charge in [0.2, 0.25) is 0 Å². The fraction of sp³-hybridized carbons (Fsp3) is 0.294. The maximum atomic E-state index is 12.3. The highest BCUT2D eigenvalue weighted by Gasteiger charge is 2.25. The molecule has 1 amide bonds. The molecule has 0 unspecified atom stereocenters. The van der Waals surface area contributed by atoms with E-state index in [0.29, 0.717) is 25.9 Å². The van der Waals surface area contributed by atoms with Crippen molar-refractivity contribution in [1.29, 1.82) is 0 Å². The Kier molecular flexibility index (Phi) is 5.63. The van der Waals surface area contributed by atoms with Gasteiger partial charge in [0.25, 0.3) is 11.6 Å². The summed E-state index contributed by atoms with van der Waals surface area (Å²) in [6, 6.07) is 8.43. The zero-order valence-corrected chi connectivity index (χ0v) is 14.6. The Morgan fingerprint density at radius 1 is 1.07 bits per heavy atom. The van der Waals surface area contributed by atoms with Gasteiger partial charge >= 0.3 is 5.88 Å². The van der Waals surface area contributed by atoms with Crippen molar-refractivity contribution in [2.75, 3.05) is 13.1 Å².